The van der Waals surface area contributed by atoms with E-state index in [4.69, 9.17) is 0 Å². The molecule has 1 nitrogen and oxygen atoms in total. The smallest absolute Gasteiger partial charge is 0.0454 e. The van der Waals surface area contributed by atoms with Crippen LogP contribution in [0.5, 0.6) is 0 Å². The first-order valence-electron chi connectivity index (χ1n) is 6.52. The maximum absolute atomic E-state index is 4.50. The molecule has 2 aromatic rings. The fourth-order valence-electron chi connectivity index (χ4n) is 1.72. The van der Waals surface area contributed by atoms with Crippen LogP contribution in [-0.4, -0.2) is 4.98 Å². The maximum atomic E-state index is 4.50. The quantitative estimate of drug-likeness (QED) is 0.606. The summed E-state index contributed by atoms with van der Waals surface area (Å²) in [7, 11) is 0. The van der Waals surface area contributed by atoms with Crippen molar-refractivity contribution in [3.8, 4) is 0 Å². The zero-order valence-corrected chi connectivity index (χ0v) is 12.3. The summed E-state index contributed by atoms with van der Waals surface area (Å²) in [4.78, 5) is 4.50. The molecule has 0 fully saturated rings. The van der Waals surface area contributed by atoms with Gasteiger partial charge in [-0.05, 0) is 31.7 Å². The Morgan fingerprint density at radius 2 is 1.18 bits per heavy atom. The normalized spacial score (nSPS) is 8.88. The third kappa shape index (κ3) is 3.55. The van der Waals surface area contributed by atoms with Crippen molar-refractivity contribution in [1.82, 2.24) is 4.98 Å². The molecule has 0 radical (unpaired) electrons. The van der Waals surface area contributed by atoms with Crippen LogP contribution in [0.25, 0.3) is 10.8 Å². The van der Waals surface area contributed by atoms with Crippen LogP contribution in [0.2, 0.25) is 0 Å². The van der Waals surface area contributed by atoms with Crippen LogP contribution in [0.1, 0.15) is 44.6 Å². The minimum atomic E-state index is 1.12. The highest BCUT2D eigenvalue weighted by Gasteiger charge is 2.03. The van der Waals surface area contributed by atoms with E-state index in [0.717, 1.165) is 11.4 Å². The van der Waals surface area contributed by atoms with Crippen LogP contribution in [0.3, 0.4) is 0 Å². The van der Waals surface area contributed by atoms with Crippen molar-refractivity contribution in [1.29, 1.82) is 0 Å². The Labute approximate surface area is 106 Å². The Kier molecular flexibility index (Phi) is 7.20. The van der Waals surface area contributed by atoms with Gasteiger partial charge < -0.3 is 0 Å². The Morgan fingerprint density at radius 1 is 0.706 bits per heavy atom. The van der Waals surface area contributed by atoms with Gasteiger partial charge in [-0.2, -0.15) is 0 Å². The van der Waals surface area contributed by atoms with Gasteiger partial charge >= 0.3 is 0 Å². The van der Waals surface area contributed by atoms with Crippen molar-refractivity contribution in [2.75, 3.05) is 0 Å². The number of fused-ring (bicyclic) bond motifs is 1. The number of aromatic nitrogens is 1. The van der Waals surface area contributed by atoms with E-state index in [2.05, 4.69) is 50.0 Å². The van der Waals surface area contributed by atoms with Gasteiger partial charge in [0, 0.05) is 16.8 Å². The molecule has 0 aliphatic carbocycles. The molecule has 0 amide bonds. The SMILES string of the molecule is CC.CC.Cc1nc(C)c2ccccc2c1C. The molecule has 1 heteroatoms. The summed E-state index contributed by atoms with van der Waals surface area (Å²) >= 11 is 0. The summed E-state index contributed by atoms with van der Waals surface area (Å²) in [5.41, 5.74) is 3.55. The average molecular weight is 231 g/mol. The van der Waals surface area contributed by atoms with Crippen molar-refractivity contribution in [2.24, 2.45) is 0 Å². The van der Waals surface area contributed by atoms with Gasteiger partial charge in [-0.25, -0.2) is 0 Å². The fraction of sp³-hybridized carbons (Fsp3) is 0.438. The Balaban J connectivity index is 0.000000581. The highest BCUT2D eigenvalue weighted by atomic mass is 14.7. The van der Waals surface area contributed by atoms with Gasteiger partial charge in [0.2, 0.25) is 0 Å². The molecule has 0 saturated carbocycles. The summed E-state index contributed by atoms with van der Waals surface area (Å²) in [6.07, 6.45) is 0. The molecule has 1 aromatic carbocycles. The van der Waals surface area contributed by atoms with Crippen molar-refractivity contribution in [2.45, 2.75) is 48.5 Å². The van der Waals surface area contributed by atoms with Crippen LogP contribution >= 0.6 is 0 Å². The zero-order chi connectivity index (χ0) is 13.4. The van der Waals surface area contributed by atoms with Gasteiger partial charge in [-0.15, -0.1) is 0 Å². The molecule has 1 heterocycles. The molecule has 17 heavy (non-hydrogen) atoms. The predicted octanol–water partition coefficient (Wildman–Crippen LogP) is 5.21. The molecule has 0 bridgehead atoms. The number of nitrogens with zero attached hydrogens (tertiary/aromatic N) is 1. The first kappa shape index (κ1) is 15.6. The van der Waals surface area contributed by atoms with Crippen molar-refractivity contribution in [3.63, 3.8) is 0 Å². The summed E-state index contributed by atoms with van der Waals surface area (Å²) < 4.78 is 0. The predicted molar refractivity (Wildman–Crippen MR) is 78.7 cm³/mol. The third-order valence-corrected chi connectivity index (χ3v) is 2.60. The molecule has 1 aromatic heterocycles. The standard InChI is InChI=1S/C12H13N.2C2H6/c1-8-9(2)13-10(3)12-7-5-4-6-11(8)12;2*1-2/h4-7H,1-3H3;2*1-2H3. The van der Waals surface area contributed by atoms with E-state index in [1.54, 1.807) is 0 Å². The van der Waals surface area contributed by atoms with Crippen molar-refractivity contribution < 1.29 is 0 Å². The van der Waals surface area contributed by atoms with Gasteiger partial charge in [-0.1, -0.05) is 52.0 Å². The summed E-state index contributed by atoms with van der Waals surface area (Å²) in [6.45, 7) is 14.3. The molecule has 0 unspecified atom stereocenters. The van der Waals surface area contributed by atoms with Gasteiger partial charge in [0.05, 0.1) is 0 Å². The largest absolute Gasteiger partial charge is 0.258 e. The van der Waals surface area contributed by atoms with Gasteiger partial charge in [-0.3, -0.25) is 4.98 Å². The molecule has 94 valence electrons. The van der Waals surface area contributed by atoms with Crippen LogP contribution in [-0.2, 0) is 0 Å². The summed E-state index contributed by atoms with van der Waals surface area (Å²) in [5.74, 6) is 0. The lowest BCUT2D eigenvalue weighted by Gasteiger charge is -2.07. The maximum Gasteiger partial charge on any atom is 0.0454 e. The molecule has 2 rings (SSSR count). The monoisotopic (exact) mass is 231 g/mol. The molecule has 0 saturated heterocycles. The van der Waals surface area contributed by atoms with Crippen LogP contribution in [0.4, 0.5) is 0 Å². The zero-order valence-electron chi connectivity index (χ0n) is 12.3. The van der Waals surface area contributed by atoms with Gasteiger partial charge in [0.25, 0.3) is 0 Å². The number of hydrogen-bond acceptors (Lipinski definition) is 1. The second-order valence-corrected chi connectivity index (χ2v) is 3.45. The minimum absolute atomic E-state index is 1.12. The first-order valence-corrected chi connectivity index (χ1v) is 6.52. The number of pyridine rings is 1. The van der Waals surface area contributed by atoms with E-state index in [-0.39, 0.29) is 0 Å². The van der Waals surface area contributed by atoms with Crippen molar-refractivity contribution in [3.05, 3.63) is 41.2 Å². The minimum Gasteiger partial charge on any atom is -0.258 e. The lowest BCUT2D eigenvalue weighted by Crippen LogP contribution is -1.92. The van der Waals surface area contributed by atoms with Crippen molar-refractivity contribution >= 4 is 10.8 Å². The van der Waals surface area contributed by atoms with E-state index in [9.17, 15) is 0 Å². The summed E-state index contributed by atoms with van der Waals surface area (Å²) in [6, 6.07) is 8.43. The second-order valence-electron chi connectivity index (χ2n) is 3.45. The molecule has 0 atom stereocenters. The molecule has 0 aliphatic heterocycles. The number of benzene rings is 1. The number of hydrogen-bond donors (Lipinski definition) is 0. The lowest BCUT2D eigenvalue weighted by atomic mass is 10.0. The number of aryl methyl sites for hydroxylation is 3. The van der Waals surface area contributed by atoms with E-state index in [1.807, 2.05) is 27.7 Å². The fourth-order valence-corrected chi connectivity index (χ4v) is 1.72. The Morgan fingerprint density at radius 3 is 1.71 bits per heavy atom. The highest BCUT2D eigenvalue weighted by molar-refractivity contribution is 5.87. The number of rotatable bonds is 0. The second kappa shape index (κ2) is 7.83. The lowest BCUT2D eigenvalue weighted by molar-refractivity contribution is 1.12. The van der Waals surface area contributed by atoms with Gasteiger partial charge in [0.1, 0.15) is 0 Å². The molecule has 0 spiro atoms. The highest BCUT2D eigenvalue weighted by Crippen LogP contribution is 2.21. The van der Waals surface area contributed by atoms with Crippen LogP contribution in [0.15, 0.2) is 24.3 Å². The van der Waals surface area contributed by atoms with E-state index in [0.29, 0.717) is 0 Å². The topological polar surface area (TPSA) is 12.9 Å². The molecule has 0 N–H and O–H groups in total. The van der Waals surface area contributed by atoms with E-state index < -0.39 is 0 Å². The van der Waals surface area contributed by atoms with Crippen LogP contribution < -0.4 is 0 Å². The average Bonchev–Trinajstić information content (AvgIpc) is 2.41. The molecular formula is C16H25N. The molecular weight excluding hydrogens is 206 g/mol. The van der Waals surface area contributed by atoms with E-state index in [1.165, 1.54) is 16.3 Å². The van der Waals surface area contributed by atoms with Crippen LogP contribution in [0, 0.1) is 20.8 Å². The molecule has 0 aliphatic rings. The summed E-state index contributed by atoms with van der Waals surface area (Å²) in [5, 5.41) is 2.60. The Bertz CT molecular complexity index is 458. The third-order valence-electron chi connectivity index (χ3n) is 2.60. The van der Waals surface area contributed by atoms with E-state index >= 15 is 0 Å². The first-order chi connectivity index (χ1) is 8.20. The Hall–Kier alpha value is -1.37. The van der Waals surface area contributed by atoms with Gasteiger partial charge in [0.15, 0.2) is 0 Å².